The third-order valence-corrected chi connectivity index (χ3v) is 6.26. The highest BCUT2D eigenvalue weighted by molar-refractivity contribution is 6.08. The minimum atomic E-state index is -0.177. The van der Waals surface area contributed by atoms with E-state index in [0.717, 1.165) is 44.8 Å². The van der Waals surface area contributed by atoms with Crippen LogP contribution in [0.4, 0.5) is 11.5 Å². The number of amides is 1. The van der Waals surface area contributed by atoms with Crippen LogP contribution in [0, 0.1) is 6.92 Å². The lowest BCUT2D eigenvalue weighted by atomic mass is 9.98. The van der Waals surface area contributed by atoms with Gasteiger partial charge in [-0.15, -0.1) is 0 Å². The van der Waals surface area contributed by atoms with Crippen molar-refractivity contribution >= 4 is 28.4 Å². The van der Waals surface area contributed by atoms with Gasteiger partial charge < -0.3 is 19.9 Å². The molecule has 0 aliphatic heterocycles. The smallest absolute Gasteiger partial charge is 0.250 e. The Morgan fingerprint density at radius 2 is 1.73 bits per heavy atom. The van der Waals surface area contributed by atoms with Gasteiger partial charge in [0.05, 0.1) is 11.1 Å². The molecular weight excluding hydrogens is 464 g/mol. The third-order valence-electron chi connectivity index (χ3n) is 6.26. The summed E-state index contributed by atoms with van der Waals surface area (Å²) in [5.74, 6) is 1.44. The van der Waals surface area contributed by atoms with Crippen molar-refractivity contribution in [3.8, 4) is 34.0 Å². The Labute approximate surface area is 214 Å². The van der Waals surface area contributed by atoms with Crippen LogP contribution in [0.2, 0.25) is 0 Å². The average molecular weight is 491 g/mol. The van der Waals surface area contributed by atoms with Crippen LogP contribution in [0.3, 0.4) is 0 Å². The second kappa shape index (κ2) is 9.58. The lowest BCUT2D eigenvalue weighted by Crippen LogP contribution is -2.23. The van der Waals surface area contributed by atoms with Crippen molar-refractivity contribution in [2.45, 2.75) is 6.92 Å². The molecule has 8 nitrogen and oxygen atoms in total. The molecule has 0 unspecified atom stereocenters. The van der Waals surface area contributed by atoms with E-state index in [4.69, 9.17) is 10.5 Å². The summed E-state index contributed by atoms with van der Waals surface area (Å²) in [6.45, 7) is 5.49. The van der Waals surface area contributed by atoms with Gasteiger partial charge >= 0.3 is 0 Å². The molecule has 5 rings (SSSR count). The number of fused-ring (bicyclic) bond motifs is 1. The number of hydrogen-bond acceptors (Lipinski definition) is 6. The molecule has 184 valence electrons. The van der Waals surface area contributed by atoms with E-state index < -0.39 is 0 Å². The van der Waals surface area contributed by atoms with Crippen molar-refractivity contribution in [1.82, 2.24) is 19.5 Å². The average Bonchev–Trinajstić information content (AvgIpc) is 3.21. The summed E-state index contributed by atoms with van der Waals surface area (Å²) in [4.78, 5) is 26.8. The summed E-state index contributed by atoms with van der Waals surface area (Å²) in [6.07, 6.45) is 2.76. The summed E-state index contributed by atoms with van der Waals surface area (Å²) in [6, 6.07) is 21.2. The molecule has 1 amide bonds. The van der Waals surface area contributed by atoms with Gasteiger partial charge in [-0.1, -0.05) is 36.9 Å². The van der Waals surface area contributed by atoms with Crippen LogP contribution in [0.5, 0.6) is 11.6 Å². The number of pyridine rings is 1. The number of anilines is 2. The molecule has 5 aromatic rings. The quantitative estimate of drug-likeness (QED) is 0.314. The maximum absolute atomic E-state index is 12.0. The van der Waals surface area contributed by atoms with Gasteiger partial charge in [-0.3, -0.25) is 4.79 Å². The number of nitrogens with two attached hydrogens (primary N) is 1. The molecule has 0 bridgehead atoms. The van der Waals surface area contributed by atoms with E-state index in [2.05, 4.69) is 21.5 Å². The highest BCUT2D eigenvalue weighted by Gasteiger charge is 2.22. The number of aromatic nitrogens is 4. The largest absolute Gasteiger partial charge is 0.439 e. The Morgan fingerprint density at radius 1 is 1.03 bits per heavy atom. The number of ether oxygens (including phenoxy) is 1. The zero-order valence-electron chi connectivity index (χ0n) is 20.8. The Hall–Kier alpha value is -4.98. The van der Waals surface area contributed by atoms with Crippen molar-refractivity contribution in [2.24, 2.45) is 7.05 Å². The van der Waals surface area contributed by atoms with E-state index in [0.29, 0.717) is 17.4 Å². The highest BCUT2D eigenvalue weighted by atomic mass is 16.5. The van der Waals surface area contributed by atoms with Crippen LogP contribution in [0.25, 0.3) is 33.4 Å². The van der Waals surface area contributed by atoms with Gasteiger partial charge in [0.2, 0.25) is 11.8 Å². The maximum Gasteiger partial charge on any atom is 0.250 e. The van der Waals surface area contributed by atoms with Gasteiger partial charge in [0.15, 0.2) is 0 Å². The Bertz CT molecular complexity index is 1620. The summed E-state index contributed by atoms with van der Waals surface area (Å²) in [7, 11) is 3.67. The van der Waals surface area contributed by atoms with E-state index in [1.165, 1.54) is 12.4 Å². The van der Waals surface area contributed by atoms with E-state index >= 15 is 0 Å². The number of benzene rings is 2. The van der Waals surface area contributed by atoms with Crippen LogP contribution in [0.1, 0.15) is 5.69 Å². The van der Waals surface area contributed by atoms with Crippen LogP contribution >= 0.6 is 0 Å². The fraction of sp³-hybridized carbons (Fsp3) is 0.103. The van der Waals surface area contributed by atoms with Gasteiger partial charge in [0.1, 0.15) is 23.5 Å². The maximum atomic E-state index is 12.0. The number of carbonyl (C=O) groups is 1. The van der Waals surface area contributed by atoms with Crippen LogP contribution in [0.15, 0.2) is 85.7 Å². The van der Waals surface area contributed by atoms with Crippen LogP contribution < -0.4 is 15.4 Å². The molecule has 2 N–H and O–H groups in total. The molecule has 2 aromatic carbocycles. The summed E-state index contributed by atoms with van der Waals surface area (Å²) < 4.78 is 7.95. The van der Waals surface area contributed by atoms with Crippen molar-refractivity contribution in [2.75, 3.05) is 17.7 Å². The Morgan fingerprint density at radius 3 is 2.41 bits per heavy atom. The molecule has 0 aliphatic carbocycles. The van der Waals surface area contributed by atoms with Gasteiger partial charge in [0.25, 0.3) is 0 Å². The van der Waals surface area contributed by atoms with Crippen molar-refractivity contribution in [1.29, 1.82) is 0 Å². The van der Waals surface area contributed by atoms with E-state index in [1.807, 2.05) is 85.3 Å². The zero-order chi connectivity index (χ0) is 26.1. The number of hydrogen-bond donors (Lipinski definition) is 1. The first-order valence-electron chi connectivity index (χ1n) is 11.7. The zero-order valence-corrected chi connectivity index (χ0v) is 20.8. The molecule has 0 saturated heterocycles. The molecule has 0 saturated carbocycles. The lowest BCUT2D eigenvalue weighted by molar-refractivity contribution is -0.113. The van der Waals surface area contributed by atoms with Gasteiger partial charge in [-0.25, -0.2) is 15.0 Å². The second-order valence-corrected chi connectivity index (χ2v) is 8.63. The minimum absolute atomic E-state index is 0.177. The fourth-order valence-electron chi connectivity index (χ4n) is 4.39. The second-order valence-electron chi connectivity index (χ2n) is 8.63. The van der Waals surface area contributed by atoms with Crippen molar-refractivity contribution < 1.29 is 9.53 Å². The first-order chi connectivity index (χ1) is 17.9. The number of likely N-dealkylation sites (N-methyl/N-ethyl adjacent to an activating group) is 1. The highest BCUT2D eigenvalue weighted by Crippen LogP contribution is 2.42. The molecule has 3 aromatic heterocycles. The van der Waals surface area contributed by atoms with Gasteiger partial charge in [-0.05, 0) is 54.5 Å². The number of nitrogen functional groups attached to an aromatic ring is 1. The molecule has 37 heavy (non-hydrogen) atoms. The minimum Gasteiger partial charge on any atom is -0.439 e. The van der Waals surface area contributed by atoms with Crippen molar-refractivity contribution in [3.63, 3.8) is 0 Å². The van der Waals surface area contributed by atoms with Crippen LogP contribution in [-0.4, -0.2) is 32.5 Å². The third kappa shape index (κ3) is 4.40. The standard InChI is InChI=1S/C29H26N6O2/c1-5-24(36)34(3)21-13-9-20(10-14-21)27-25(26-28(30)31-17-32-29(26)35(27)4)19-11-15-22(16-12-19)37-23-8-6-7-18(2)33-23/h5-17H,1H2,2-4H3,(H2,30,31,32). The summed E-state index contributed by atoms with van der Waals surface area (Å²) in [5.41, 5.74) is 12.5. The van der Waals surface area contributed by atoms with E-state index in [-0.39, 0.29) is 5.91 Å². The van der Waals surface area contributed by atoms with Crippen molar-refractivity contribution in [3.05, 3.63) is 91.4 Å². The molecule has 3 heterocycles. The normalized spacial score (nSPS) is 10.9. The first kappa shape index (κ1) is 23.7. The first-order valence-corrected chi connectivity index (χ1v) is 11.7. The molecule has 0 radical (unpaired) electrons. The molecule has 0 atom stereocenters. The SMILES string of the molecule is C=CC(=O)N(C)c1ccc(-c2c(-c3ccc(Oc4cccc(C)n4)cc3)c3c(N)ncnc3n2C)cc1. The summed E-state index contributed by atoms with van der Waals surface area (Å²) in [5, 5.41) is 0.775. The Kier molecular flexibility index (Phi) is 6.15. The lowest BCUT2D eigenvalue weighted by Gasteiger charge is -2.16. The van der Waals surface area contributed by atoms with E-state index in [9.17, 15) is 4.79 Å². The molecule has 0 aliphatic rings. The van der Waals surface area contributed by atoms with Gasteiger partial charge in [-0.2, -0.15) is 0 Å². The topological polar surface area (TPSA) is 99.2 Å². The van der Waals surface area contributed by atoms with E-state index in [1.54, 1.807) is 11.9 Å². The molecular formula is C29H26N6O2. The van der Waals surface area contributed by atoms with Gasteiger partial charge in [0, 0.05) is 37.1 Å². The number of carbonyl (C=O) groups excluding carboxylic acids is 1. The predicted octanol–water partition coefficient (Wildman–Crippen LogP) is 5.53. The Balaban J connectivity index is 1.60. The molecule has 8 heteroatoms. The number of rotatable bonds is 6. The van der Waals surface area contributed by atoms with Crippen LogP contribution in [-0.2, 0) is 11.8 Å². The number of aryl methyl sites for hydroxylation is 2. The molecule has 0 spiro atoms. The summed E-state index contributed by atoms with van der Waals surface area (Å²) >= 11 is 0. The molecule has 0 fully saturated rings. The number of nitrogens with zero attached hydrogens (tertiary/aromatic N) is 5. The predicted molar refractivity (Wildman–Crippen MR) is 146 cm³/mol. The fourth-order valence-corrected chi connectivity index (χ4v) is 4.39. The monoisotopic (exact) mass is 490 g/mol.